The summed E-state index contributed by atoms with van der Waals surface area (Å²) in [5.41, 5.74) is 6.62. The van der Waals surface area contributed by atoms with E-state index in [1.807, 2.05) is 24.3 Å². The number of benzene rings is 1. The fraction of sp³-hybridized carbons (Fsp3) is 0.667. The van der Waals surface area contributed by atoms with E-state index in [9.17, 15) is 4.79 Å². The zero-order valence-corrected chi connectivity index (χ0v) is 17.2. The molecule has 1 aromatic rings. The number of halogens is 2. The quantitative estimate of drug-likeness (QED) is 0.792. The molecule has 4 nitrogen and oxygen atoms in total. The highest BCUT2D eigenvalue weighted by molar-refractivity contribution is 6.31. The molecule has 3 fully saturated rings. The molecule has 150 valence electrons. The van der Waals surface area contributed by atoms with E-state index in [-0.39, 0.29) is 24.4 Å². The first-order chi connectivity index (χ1) is 12.6. The molecule has 0 radical (unpaired) electrons. The van der Waals surface area contributed by atoms with Crippen LogP contribution in [-0.4, -0.2) is 31.2 Å². The number of nitrogens with two attached hydrogens (primary N) is 1. The number of carbonyl (C=O) groups is 1. The number of rotatable bonds is 3. The molecule has 2 bridgehead atoms. The summed E-state index contributed by atoms with van der Waals surface area (Å²) in [6.07, 6.45) is 7.05. The number of hydrogen-bond acceptors (Lipinski definition) is 3. The first kappa shape index (κ1) is 20.9. The van der Waals surface area contributed by atoms with Crippen molar-refractivity contribution in [3.63, 3.8) is 0 Å². The Balaban J connectivity index is 0.00000210. The van der Waals surface area contributed by atoms with Crippen molar-refractivity contribution in [2.75, 3.05) is 13.2 Å². The van der Waals surface area contributed by atoms with E-state index in [1.54, 1.807) is 0 Å². The van der Waals surface area contributed by atoms with Crippen LogP contribution in [0.3, 0.4) is 0 Å². The minimum absolute atomic E-state index is 0. The van der Waals surface area contributed by atoms with Gasteiger partial charge in [-0.1, -0.05) is 36.2 Å². The summed E-state index contributed by atoms with van der Waals surface area (Å²) >= 11 is 6.51. The minimum Gasteiger partial charge on any atom is -0.381 e. The molecule has 2 aliphatic carbocycles. The maximum absolute atomic E-state index is 13.6. The van der Waals surface area contributed by atoms with Crippen LogP contribution in [0.2, 0.25) is 5.02 Å². The van der Waals surface area contributed by atoms with Crippen molar-refractivity contribution in [2.24, 2.45) is 17.6 Å². The lowest BCUT2D eigenvalue weighted by Gasteiger charge is -2.47. The Bertz CT molecular complexity index is 649. The van der Waals surface area contributed by atoms with Gasteiger partial charge in [0.1, 0.15) is 0 Å². The van der Waals surface area contributed by atoms with E-state index in [0.717, 1.165) is 18.4 Å². The molecule has 4 rings (SSSR count). The van der Waals surface area contributed by atoms with Crippen LogP contribution in [0.25, 0.3) is 0 Å². The van der Waals surface area contributed by atoms with E-state index in [1.165, 1.54) is 19.3 Å². The molecule has 1 amide bonds. The molecule has 0 aromatic heterocycles. The van der Waals surface area contributed by atoms with Crippen LogP contribution in [0.4, 0.5) is 0 Å². The zero-order chi connectivity index (χ0) is 18.1. The number of amides is 1. The molecule has 2 unspecified atom stereocenters. The van der Waals surface area contributed by atoms with Gasteiger partial charge in [-0.15, -0.1) is 12.4 Å². The second kappa shape index (κ2) is 8.69. The number of carbonyl (C=O) groups excluding carboxylic acids is 1. The maximum atomic E-state index is 13.6. The molecule has 0 spiro atoms. The van der Waals surface area contributed by atoms with E-state index in [2.05, 4.69) is 5.32 Å². The molecule has 27 heavy (non-hydrogen) atoms. The molecule has 1 aromatic carbocycles. The molecule has 1 saturated heterocycles. The smallest absolute Gasteiger partial charge is 0.231 e. The number of ether oxygens (including phenoxy) is 1. The predicted molar refractivity (Wildman–Crippen MR) is 110 cm³/mol. The number of hydrogen-bond donors (Lipinski definition) is 2. The van der Waals surface area contributed by atoms with E-state index >= 15 is 0 Å². The van der Waals surface area contributed by atoms with Gasteiger partial charge in [-0.05, 0) is 62.0 Å². The van der Waals surface area contributed by atoms with E-state index < -0.39 is 5.41 Å². The standard InChI is InChI=1S/C21H29ClN2O2.ClH/c22-18-7-2-1-6-17(18)21(8-10-26-11-9-21)20(25)24-19-14-4-3-5-15(19)13-16(23)12-14;/h1-2,6-7,14-16,19H,3-5,8-13,23H2,(H,24,25);1H. The van der Waals surface area contributed by atoms with Gasteiger partial charge in [0.2, 0.25) is 5.91 Å². The van der Waals surface area contributed by atoms with Crippen molar-refractivity contribution >= 4 is 29.9 Å². The minimum atomic E-state index is -0.579. The SMILES string of the molecule is Cl.NC1CC2CCCC(C1)C2NC(=O)C1(c2ccccc2Cl)CCOCC1. The Morgan fingerprint density at radius 3 is 2.41 bits per heavy atom. The Morgan fingerprint density at radius 1 is 1.15 bits per heavy atom. The molecular formula is C21H30Cl2N2O2. The first-order valence-electron chi connectivity index (χ1n) is 9.99. The largest absolute Gasteiger partial charge is 0.381 e. The third-order valence-corrected chi connectivity index (χ3v) is 7.17. The van der Waals surface area contributed by atoms with Gasteiger partial charge >= 0.3 is 0 Å². The van der Waals surface area contributed by atoms with Crippen LogP contribution in [0.1, 0.15) is 50.5 Å². The van der Waals surface area contributed by atoms with E-state index in [4.69, 9.17) is 22.1 Å². The van der Waals surface area contributed by atoms with Gasteiger partial charge < -0.3 is 15.8 Å². The van der Waals surface area contributed by atoms with Gasteiger partial charge in [0.15, 0.2) is 0 Å². The van der Waals surface area contributed by atoms with Crippen molar-refractivity contribution in [3.8, 4) is 0 Å². The molecule has 3 N–H and O–H groups in total. The molecule has 1 heterocycles. The highest BCUT2D eigenvalue weighted by Crippen LogP contribution is 2.42. The van der Waals surface area contributed by atoms with Crippen molar-refractivity contribution in [1.29, 1.82) is 0 Å². The summed E-state index contributed by atoms with van der Waals surface area (Å²) in [7, 11) is 0. The van der Waals surface area contributed by atoms with Crippen molar-refractivity contribution in [1.82, 2.24) is 5.32 Å². The van der Waals surface area contributed by atoms with Crippen molar-refractivity contribution in [2.45, 2.75) is 62.4 Å². The van der Waals surface area contributed by atoms with Gasteiger partial charge in [0.25, 0.3) is 0 Å². The van der Waals surface area contributed by atoms with Gasteiger partial charge in [-0.3, -0.25) is 4.79 Å². The topological polar surface area (TPSA) is 64.3 Å². The highest BCUT2D eigenvalue weighted by atomic mass is 35.5. The van der Waals surface area contributed by atoms with Gasteiger partial charge in [-0.2, -0.15) is 0 Å². The van der Waals surface area contributed by atoms with E-state index in [0.29, 0.717) is 49.0 Å². The maximum Gasteiger partial charge on any atom is 0.231 e. The summed E-state index contributed by atoms with van der Waals surface area (Å²) < 4.78 is 5.58. The second-order valence-electron chi connectivity index (χ2n) is 8.36. The van der Waals surface area contributed by atoms with Gasteiger partial charge in [0, 0.05) is 30.3 Å². The fourth-order valence-corrected chi connectivity index (χ4v) is 5.82. The molecular weight excluding hydrogens is 383 g/mol. The summed E-state index contributed by atoms with van der Waals surface area (Å²) in [4.78, 5) is 13.6. The zero-order valence-electron chi connectivity index (χ0n) is 15.7. The number of fused-ring (bicyclic) bond motifs is 2. The fourth-order valence-electron chi connectivity index (χ4n) is 5.50. The second-order valence-corrected chi connectivity index (χ2v) is 8.76. The third-order valence-electron chi connectivity index (χ3n) is 6.84. The number of nitrogens with one attached hydrogen (secondary N) is 1. The summed E-state index contributed by atoms with van der Waals surface area (Å²) in [6.45, 7) is 1.20. The van der Waals surface area contributed by atoms with Crippen LogP contribution < -0.4 is 11.1 Å². The molecule has 2 atom stereocenters. The van der Waals surface area contributed by atoms with Crippen molar-refractivity contribution < 1.29 is 9.53 Å². The molecule has 3 aliphatic rings. The highest BCUT2D eigenvalue weighted by Gasteiger charge is 2.46. The van der Waals surface area contributed by atoms with Gasteiger partial charge in [0.05, 0.1) is 5.41 Å². The Kier molecular flexibility index (Phi) is 6.73. The lowest BCUT2D eigenvalue weighted by molar-refractivity contribution is -0.133. The Morgan fingerprint density at radius 2 is 1.78 bits per heavy atom. The van der Waals surface area contributed by atoms with Crippen LogP contribution in [0.5, 0.6) is 0 Å². The van der Waals surface area contributed by atoms with Crippen LogP contribution in [0, 0.1) is 11.8 Å². The summed E-state index contributed by atoms with van der Waals surface area (Å²) in [5, 5.41) is 4.15. The normalized spacial score (nSPS) is 32.2. The van der Waals surface area contributed by atoms with Crippen LogP contribution in [0.15, 0.2) is 24.3 Å². The summed E-state index contributed by atoms with van der Waals surface area (Å²) in [6, 6.07) is 8.34. The van der Waals surface area contributed by atoms with Crippen LogP contribution in [-0.2, 0) is 14.9 Å². The molecule has 1 aliphatic heterocycles. The Hall–Kier alpha value is -0.810. The summed E-state index contributed by atoms with van der Waals surface area (Å²) in [5.74, 6) is 1.17. The first-order valence-corrected chi connectivity index (χ1v) is 10.4. The average Bonchev–Trinajstić information content (AvgIpc) is 2.63. The average molecular weight is 413 g/mol. The monoisotopic (exact) mass is 412 g/mol. The predicted octanol–water partition coefficient (Wildman–Crippen LogP) is 3.83. The lowest BCUT2D eigenvalue weighted by Crippen LogP contribution is -2.58. The Labute approximate surface area is 173 Å². The molecule has 6 heteroatoms. The lowest BCUT2D eigenvalue weighted by atomic mass is 9.66. The van der Waals surface area contributed by atoms with Crippen LogP contribution >= 0.6 is 24.0 Å². The molecule has 2 saturated carbocycles. The third kappa shape index (κ3) is 4.00. The van der Waals surface area contributed by atoms with Gasteiger partial charge in [-0.25, -0.2) is 0 Å². The van der Waals surface area contributed by atoms with Crippen molar-refractivity contribution in [3.05, 3.63) is 34.9 Å².